The summed E-state index contributed by atoms with van der Waals surface area (Å²) in [5.74, 6) is 1.94. The van der Waals surface area contributed by atoms with Crippen LogP contribution < -0.4 is 5.32 Å². The number of hydrogen-bond acceptors (Lipinski definition) is 4. The molecule has 2 saturated carbocycles. The van der Waals surface area contributed by atoms with Crippen molar-refractivity contribution in [2.45, 2.75) is 75.8 Å². The number of nitrogens with zero attached hydrogens (tertiary/aromatic N) is 3. The van der Waals surface area contributed by atoms with Gasteiger partial charge in [-0.3, -0.25) is 0 Å². The van der Waals surface area contributed by atoms with E-state index in [1.54, 1.807) is 0 Å². The molecule has 3 aliphatic rings. The van der Waals surface area contributed by atoms with Crippen LogP contribution in [0.5, 0.6) is 0 Å². The highest BCUT2D eigenvalue weighted by molar-refractivity contribution is 5.75. The van der Waals surface area contributed by atoms with Gasteiger partial charge in [0.25, 0.3) is 0 Å². The summed E-state index contributed by atoms with van der Waals surface area (Å²) < 4.78 is 5.44. The fraction of sp³-hybridized carbons (Fsp3) is 0.812. The molecule has 6 heteroatoms. The van der Waals surface area contributed by atoms with Crippen molar-refractivity contribution < 1.29 is 9.32 Å². The zero-order chi connectivity index (χ0) is 14.9. The van der Waals surface area contributed by atoms with E-state index in [9.17, 15) is 4.79 Å². The number of carbonyl (C=O) groups is 1. The van der Waals surface area contributed by atoms with Crippen LogP contribution in [-0.4, -0.2) is 33.7 Å². The fourth-order valence-electron chi connectivity index (χ4n) is 3.66. The van der Waals surface area contributed by atoms with Gasteiger partial charge >= 0.3 is 6.03 Å². The average molecular weight is 304 g/mol. The molecule has 4 rings (SSSR count). The number of nitrogens with one attached hydrogen (secondary N) is 1. The first-order valence-corrected chi connectivity index (χ1v) is 8.72. The van der Waals surface area contributed by atoms with Crippen molar-refractivity contribution in [3.63, 3.8) is 0 Å². The number of hydrogen-bond donors (Lipinski definition) is 1. The molecule has 0 radical (unpaired) electrons. The standard InChI is InChI=1S/C16H24N4O2/c21-16(17-12-5-2-1-3-6-12)20-10-4-7-13(20)15-18-14(19-22-15)11-8-9-11/h11-13H,1-10H2,(H,17,21). The van der Waals surface area contributed by atoms with Crippen molar-refractivity contribution in [1.29, 1.82) is 0 Å². The van der Waals surface area contributed by atoms with Crippen LogP contribution in [0.15, 0.2) is 4.52 Å². The van der Waals surface area contributed by atoms with E-state index >= 15 is 0 Å². The Labute approximate surface area is 130 Å². The van der Waals surface area contributed by atoms with Gasteiger partial charge in [0.15, 0.2) is 5.82 Å². The maximum absolute atomic E-state index is 12.6. The Morgan fingerprint density at radius 1 is 1.09 bits per heavy atom. The van der Waals surface area contributed by atoms with Gasteiger partial charge in [0.05, 0.1) is 0 Å². The molecule has 3 fully saturated rings. The van der Waals surface area contributed by atoms with E-state index in [-0.39, 0.29) is 12.1 Å². The van der Waals surface area contributed by atoms with Crippen molar-refractivity contribution in [2.75, 3.05) is 6.54 Å². The largest absolute Gasteiger partial charge is 0.337 e. The zero-order valence-corrected chi connectivity index (χ0v) is 13.0. The minimum absolute atomic E-state index is 0.0383. The van der Waals surface area contributed by atoms with Gasteiger partial charge < -0.3 is 14.7 Å². The second kappa shape index (κ2) is 5.89. The predicted molar refractivity (Wildman–Crippen MR) is 80.4 cm³/mol. The van der Waals surface area contributed by atoms with E-state index in [2.05, 4.69) is 15.5 Å². The van der Waals surface area contributed by atoms with Gasteiger partial charge in [-0.1, -0.05) is 24.4 Å². The third kappa shape index (κ3) is 2.83. The lowest BCUT2D eigenvalue weighted by Gasteiger charge is -2.28. The van der Waals surface area contributed by atoms with E-state index in [1.807, 2.05) is 4.90 Å². The summed E-state index contributed by atoms with van der Waals surface area (Å²) in [5.41, 5.74) is 0. The Morgan fingerprint density at radius 2 is 1.91 bits per heavy atom. The number of rotatable bonds is 3. The molecule has 1 saturated heterocycles. The Kier molecular flexibility index (Phi) is 3.76. The first-order valence-electron chi connectivity index (χ1n) is 8.72. The summed E-state index contributed by atoms with van der Waals surface area (Å²) in [6.07, 6.45) is 10.2. The molecule has 2 heterocycles. The highest BCUT2D eigenvalue weighted by Crippen LogP contribution is 2.39. The highest BCUT2D eigenvalue weighted by atomic mass is 16.5. The molecule has 1 N–H and O–H groups in total. The molecular formula is C16H24N4O2. The van der Waals surface area contributed by atoms with Gasteiger partial charge in [-0.05, 0) is 38.5 Å². The maximum Gasteiger partial charge on any atom is 0.318 e. The first kappa shape index (κ1) is 14.0. The fourth-order valence-corrected chi connectivity index (χ4v) is 3.66. The van der Waals surface area contributed by atoms with Crippen molar-refractivity contribution in [1.82, 2.24) is 20.4 Å². The first-order chi connectivity index (χ1) is 10.8. The van der Waals surface area contributed by atoms with Gasteiger partial charge in [-0.2, -0.15) is 4.98 Å². The molecule has 2 aliphatic carbocycles. The van der Waals surface area contributed by atoms with E-state index in [4.69, 9.17) is 4.52 Å². The molecule has 1 aromatic heterocycles. The molecule has 1 unspecified atom stereocenters. The molecular weight excluding hydrogens is 280 g/mol. The quantitative estimate of drug-likeness (QED) is 0.931. The zero-order valence-electron chi connectivity index (χ0n) is 13.0. The van der Waals surface area contributed by atoms with Crippen molar-refractivity contribution in [3.05, 3.63) is 11.7 Å². The minimum atomic E-state index is -0.0383. The van der Waals surface area contributed by atoms with Crippen LogP contribution in [0.3, 0.4) is 0 Å². The predicted octanol–water partition coefficient (Wildman–Crippen LogP) is 3.13. The van der Waals surface area contributed by atoms with Crippen LogP contribution in [0.1, 0.15) is 81.5 Å². The average Bonchev–Trinajstić information content (AvgIpc) is 3.08. The van der Waals surface area contributed by atoms with E-state index in [0.29, 0.717) is 17.9 Å². The number of carbonyl (C=O) groups excluding carboxylic acids is 1. The summed E-state index contributed by atoms with van der Waals surface area (Å²) in [6, 6.07) is 0.344. The SMILES string of the molecule is O=C(NC1CCCCC1)N1CCCC1c1nc(C2CC2)no1. The lowest BCUT2D eigenvalue weighted by molar-refractivity contribution is 0.173. The molecule has 0 aromatic carbocycles. The molecule has 0 spiro atoms. The minimum Gasteiger partial charge on any atom is -0.337 e. The summed E-state index contributed by atoms with van der Waals surface area (Å²) in [4.78, 5) is 19.0. The lowest BCUT2D eigenvalue weighted by Crippen LogP contribution is -2.45. The van der Waals surface area contributed by atoms with Gasteiger partial charge in [0.2, 0.25) is 5.89 Å². The van der Waals surface area contributed by atoms with E-state index in [1.165, 1.54) is 19.3 Å². The van der Waals surface area contributed by atoms with Crippen LogP contribution in [0.25, 0.3) is 0 Å². The molecule has 22 heavy (non-hydrogen) atoms. The normalized spacial score (nSPS) is 26.4. The van der Waals surface area contributed by atoms with E-state index < -0.39 is 0 Å². The van der Waals surface area contributed by atoms with Crippen LogP contribution in [0.2, 0.25) is 0 Å². The van der Waals surface area contributed by atoms with Crippen molar-refractivity contribution >= 4 is 6.03 Å². The van der Waals surface area contributed by atoms with Gasteiger partial charge in [-0.15, -0.1) is 0 Å². The third-order valence-corrected chi connectivity index (χ3v) is 5.13. The summed E-state index contributed by atoms with van der Waals surface area (Å²) >= 11 is 0. The topological polar surface area (TPSA) is 71.3 Å². The molecule has 2 amide bonds. The Morgan fingerprint density at radius 3 is 2.68 bits per heavy atom. The van der Waals surface area contributed by atoms with Crippen LogP contribution >= 0.6 is 0 Å². The molecule has 1 atom stereocenters. The second-order valence-corrected chi connectivity index (χ2v) is 6.90. The monoisotopic (exact) mass is 304 g/mol. The van der Waals surface area contributed by atoms with Gasteiger partial charge in [0.1, 0.15) is 6.04 Å². The van der Waals surface area contributed by atoms with E-state index in [0.717, 1.165) is 50.9 Å². The molecule has 120 valence electrons. The van der Waals surface area contributed by atoms with Crippen molar-refractivity contribution in [2.24, 2.45) is 0 Å². The Hall–Kier alpha value is -1.59. The Balaban J connectivity index is 1.41. The number of likely N-dealkylation sites (tertiary alicyclic amines) is 1. The molecule has 6 nitrogen and oxygen atoms in total. The third-order valence-electron chi connectivity index (χ3n) is 5.13. The highest BCUT2D eigenvalue weighted by Gasteiger charge is 2.36. The van der Waals surface area contributed by atoms with Gasteiger partial charge in [0, 0.05) is 18.5 Å². The van der Waals surface area contributed by atoms with Gasteiger partial charge in [-0.25, -0.2) is 4.79 Å². The Bertz CT molecular complexity index is 534. The number of amides is 2. The number of aromatic nitrogens is 2. The maximum atomic E-state index is 12.6. The van der Waals surface area contributed by atoms with Crippen molar-refractivity contribution in [3.8, 4) is 0 Å². The number of urea groups is 1. The van der Waals surface area contributed by atoms with Crippen LogP contribution in [0, 0.1) is 0 Å². The smallest absolute Gasteiger partial charge is 0.318 e. The lowest BCUT2D eigenvalue weighted by atomic mass is 9.96. The molecule has 0 bridgehead atoms. The summed E-state index contributed by atoms with van der Waals surface area (Å²) in [6.45, 7) is 0.782. The summed E-state index contributed by atoms with van der Waals surface area (Å²) in [5, 5.41) is 7.29. The second-order valence-electron chi connectivity index (χ2n) is 6.90. The summed E-state index contributed by atoms with van der Waals surface area (Å²) in [7, 11) is 0. The molecule has 1 aliphatic heterocycles. The molecule has 1 aromatic rings. The van der Waals surface area contributed by atoms with Crippen LogP contribution in [-0.2, 0) is 0 Å². The van der Waals surface area contributed by atoms with Crippen LogP contribution in [0.4, 0.5) is 4.79 Å².